The molecule has 3 rings (SSSR count). The van der Waals surface area contributed by atoms with Crippen LogP contribution in [0.3, 0.4) is 0 Å². The van der Waals surface area contributed by atoms with Crippen LogP contribution in [0.4, 0.5) is 0 Å². The molecule has 17 heavy (non-hydrogen) atoms. The third-order valence-corrected chi connectivity index (χ3v) is 3.72. The van der Waals surface area contributed by atoms with Crippen LogP contribution in [0.5, 0.6) is 0 Å². The largest absolute Gasteiger partial charge is 0.463 e. The molecular weight excluding hydrogens is 212 g/mol. The molecule has 0 unspecified atom stereocenters. The lowest BCUT2D eigenvalue weighted by Gasteiger charge is -2.20. The number of nitrogens with two attached hydrogens (primary N) is 1. The van der Waals surface area contributed by atoms with E-state index in [-0.39, 0.29) is 0 Å². The minimum absolute atomic E-state index is 0.505. The van der Waals surface area contributed by atoms with Gasteiger partial charge in [-0.15, -0.1) is 0 Å². The van der Waals surface area contributed by atoms with Crippen molar-refractivity contribution in [3.63, 3.8) is 0 Å². The topological polar surface area (TPSA) is 42.4 Å². The maximum Gasteiger partial charge on any atom is 0.118 e. The molecule has 0 aliphatic heterocycles. The maximum atomic E-state index is 5.70. The zero-order valence-electron chi connectivity index (χ0n) is 10.4. The first-order valence-corrected chi connectivity index (χ1v) is 6.83. The lowest BCUT2D eigenvalue weighted by Crippen LogP contribution is -2.27. The van der Waals surface area contributed by atoms with E-state index in [1.165, 1.54) is 38.8 Å². The molecule has 0 spiro atoms. The summed E-state index contributed by atoms with van der Waals surface area (Å²) >= 11 is 0. The third-order valence-electron chi connectivity index (χ3n) is 3.72. The van der Waals surface area contributed by atoms with E-state index in [2.05, 4.69) is 11.0 Å². The predicted octanol–water partition coefficient (Wildman–Crippen LogP) is 2.36. The molecule has 0 aromatic carbocycles. The SMILES string of the molecule is NCc1ccc(CN(CC2CC2)CC2CC2)o1. The third kappa shape index (κ3) is 3.33. The van der Waals surface area contributed by atoms with Crippen LogP contribution in [-0.2, 0) is 13.1 Å². The van der Waals surface area contributed by atoms with Crippen LogP contribution in [0.15, 0.2) is 16.5 Å². The van der Waals surface area contributed by atoms with Crippen LogP contribution in [0, 0.1) is 11.8 Å². The highest BCUT2D eigenvalue weighted by Gasteiger charge is 2.29. The summed E-state index contributed by atoms with van der Waals surface area (Å²) in [5.41, 5.74) is 5.57. The van der Waals surface area contributed by atoms with Crippen LogP contribution in [0.25, 0.3) is 0 Å². The number of hydrogen-bond acceptors (Lipinski definition) is 3. The normalized spacial score (nSPS) is 20.1. The number of nitrogens with zero attached hydrogens (tertiary/aromatic N) is 1. The molecule has 0 bridgehead atoms. The van der Waals surface area contributed by atoms with Gasteiger partial charge in [0.25, 0.3) is 0 Å². The van der Waals surface area contributed by atoms with Crippen LogP contribution in [-0.4, -0.2) is 18.0 Å². The van der Waals surface area contributed by atoms with Gasteiger partial charge >= 0.3 is 0 Å². The Morgan fingerprint density at radius 3 is 2.12 bits per heavy atom. The molecule has 0 radical (unpaired) electrons. The highest BCUT2D eigenvalue weighted by atomic mass is 16.3. The van der Waals surface area contributed by atoms with Gasteiger partial charge in [0, 0.05) is 13.1 Å². The van der Waals surface area contributed by atoms with Gasteiger partial charge in [-0.2, -0.15) is 0 Å². The Hall–Kier alpha value is -0.800. The Balaban J connectivity index is 1.56. The number of furan rings is 1. The molecule has 0 amide bonds. The van der Waals surface area contributed by atoms with Crippen LogP contribution >= 0.6 is 0 Å². The molecule has 1 heterocycles. The van der Waals surface area contributed by atoms with E-state index < -0.39 is 0 Å². The zero-order valence-corrected chi connectivity index (χ0v) is 10.4. The van der Waals surface area contributed by atoms with Crippen molar-refractivity contribution in [2.75, 3.05) is 13.1 Å². The molecule has 0 saturated heterocycles. The van der Waals surface area contributed by atoms with Crippen molar-refractivity contribution >= 4 is 0 Å². The van der Waals surface area contributed by atoms with E-state index in [0.717, 1.165) is 29.9 Å². The summed E-state index contributed by atoms with van der Waals surface area (Å²) in [5, 5.41) is 0. The summed E-state index contributed by atoms with van der Waals surface area (Å²) in [4.78, 5) is 2.58. The standard InChI is InChI=1S/C14H22N2O/c15-7-13-5-6-14(17-13)10-16(8-11-1-2-11)9-12-3-4-12/h5-6,11-12H,1-4,7-10,15H2. The second-order valence-electron chi connectivity index (χ2n) is 5.65. The first kappa shape index (κ1) is 11.3. The first-order valence-electron chi connectivity index (χ1n) is 6.83. The van der Waals surface area contributed by atoms with Gasteiger partial charge in [-0.25, -0.2) is 0 Å². The van der Waals surface area contributed by atoms with Crippen molar-refractivity contribution in [3.8, 4) is 0 Å². The van der Waals surface area contributed by atoms with Gasteiger partial charge in [-0.1, -0.05) is 0 Å². The van der Waals surface area contributed by atoms with E-state index in [9.17, 15) is 0 Å². The van der Waals surface area contributed by atoms with Crippen LogP contribution in [0.1, 0.15) is 37.2 Å². The van der Waals surface area contributed by atoms with Gasteiger partial charge in [0.05, 0.1) is 13.1 Å². The van der Waals surface area contributed by atoms with Crippen molar-refractivity contribution < 1.29 is 4.42 Å². The van der Waals surface area contributed by atoms with Crippen molar-refractivity contribution in [2.45, 2.75) is 38.8 Å². The monoisotopic (exact) mass is 234 g/mol. The minimum Gasteiger partial charge on any atom is -0.463 e. The molecule has 2 aliphatic rings. The fourth-order valence-corrected chi connectivity index (χ4v) is 2.37. The average Bonchev–Trinajstić information content (AvgIpc) is 3.22. The van der Waals surface area contributed by atoms with E-state index in [4.69, 9.17) is 10.2 Å². The van der Waals surface area contributed by atoms with Gasteiger partial charge in [-0.05, 0) is 49.7 Å². The fourth-order valence-electron chi connectivity index (χ4n) is 2.37. The van der Waals surface area contributed by atoms with Crippen molar-refractivity contribution in [1.82, 2.24) is 4.90 Å². The number of hydrogen-bond donors (Lipinski definition) is 1. The van der Waals surface area contributed by atoms with Gasteiger partial charge in [0.15, 0.2) is 0 Å². The molecule has 0 atom stereocenters. The second kappa shape index (κ2) is 4.83. The molecule has 2 fully saturated rings. The predicted molar refractivity (Wildman–Crippen MR) is 67.3 cm³/mol. The summed E-state index contributed by atoms with van der Waals surface area (Å²) in [6.07, 6.45) is 5.70. The number of rotatable bonds is 7. The lowest BCUT2D eigenvalue weighted by molar-refractivity contribution is 0.223. The van der Waals surface area contributed by atoms with Crippen LogP contribution in [0.2, 0.25) is 0 Å². The van der Waals surface area contributed by atoms with E-state index in [1.807, 2.05) is 6.07 Å². The van der Waals surface area contributed by atoms with Crippen molar-refractivity contribution in [2.24, 2.45) is 17.6 Å². The zero-order chi connectivity index (χ0) is 11.7. The van der Waals surface area contributed by atoms with Gasteiger partial charge < -0.3 is 10.2 Å². The van der Waals surface area contributed by atoms with Gasteiger partial charge in [0.2, 0.25) is 0 Å². The molecule has 1 aromatic rings. The average molecular weight is 234 g/mol. The quantitative estimate of drug-likeness (QED) is 0.787. The molecule has 2 N–H and O–H groups in total. The van der Waals surface area contributed by atoms with Gasteiger partial charge in [0.1, 0.15) is 11.5 Å². The molecule has 2 aliphatic carbocycles. The molecule has 2 saturated carbocycles. The van der Waals surface area contributed by atoms with Gasteiger partial charge in [-0.3, -0.25) is 4.90 Å². The molecule has 94 valence electrons. The highest BCUT2D eigenvalue weighted by Crippen LogP contribution is 2.34. The van der Waals surface area contributed by atoms with Crippen LogP contribution < -0.4 is 5.73 Å². The lowest BCUT2D eigenvalue weighted by atomic mass is 10.3. The molecule has 1 aromatic heterocycles. The highest BCUT2D eigenvalue weighted by molar-refractivity contribution is 5.07. The smallest absolute Gasteiger partial charge is 0.118 e. The summed E-state index contributed by atoms with van der Waals surface area (Å²) < 4.78 is 5.70. The Bertz CT molecular complexity index is 352. The molecular formula is C14H22N2O. The van der Waals surface area contributed by atoms with Crippen molar-refractivity contribution in [3.05, 3.63) is 23.7 Å². The summed E-state index contributed by atoms with van der Waals surface area (Å²) in [6.45, 7) is 3.99. The fraction of sp³-hybridized carbons (Fsp3) is 0.714. The Kier molecular flexibility index (Phi) is 3.21. The Morgan fingerprint density at radius 1 is 1.06 bits per heavy atom. The summed E-state index contributed by atoms with van der Waals surface area (Å²) in [7, 11) is 0. The van der Waals surface area contributed by atoms with Crippen molar-refractivity contribution in [1.29, 1.82) is 0 Å². The first-order chi connectivity index (χ1) is 8.33. The molecule has 3 nitrogen and oxygen atoms in total. The van der Waals surface area contributed by atoms with E-state index in [0.29, 0.717) is 6.54 Å². The summed E-state index contributed by atoms with van der Waals surface area (Å²) in [5.74, 6) is 3.89. The Morgan fingerprint density at radius 2 is 1.65 bits per heavy atom. The summed E-state index contributed by atoms with van der Waals surface area (Å²) in [6, 6.07) is 4.08. The van der Waals surface area contributed by atoms with E-state index >= 15 is 0 Å². The maximum absolute atomic E-state index is 5.70. The minimum atomic E-state index is 0.505. The second-order valence-corrected chi connectivity index (χ2v) is 5.65. The molecule has 3 heteroatoms. The van der Waals surface area contributed by atoms with E-state index in [1.54, 1.807) is 0 Å². The Labute approximate surface area is 103 Å².